The average Bonchev–Trinajstić information content (AvgIpc) is 2.36. The Balaban J connectivity index is 3.41. The van der Waals surface area contributed by atoms with Crippen molar-refractivity contribution in [3.63, 3.8) is 0 Å². The second-order valence-electron chi connectivity index (χ2n) is 4.53. The predicted octanol–water partition coefficient (Wildman–Crippen LogP) is 2.43. The number of carbonyl (C=O) groups excluding carboxylic acids is 1. The molecule has 0 aliphatic carbocycles. The third-order valence-electron chi connectivity index (χ3n) is 2.82. The fourth-order valence-electron chi connectivity index (χ4n) is 1.49. The van der Waals surface area contributed by atoms with Gasteiger partial charge in [0.25, 0.3) is 0 Å². The van der Waals surface area contributed by atoms with Gasteiger partial charge in [0.1, 0.15) is 0 Å². The Morgan fingerprint density at radius 3 is 2.20 bits per heavy atom. The molecule has 112 valence electrons. The van der Waals surface area contributed by atoms with Gasteiger partial charge in [0.05, 0.1) is 17.6 Å². The molecule has 0 bridgehead atoms. The molecule has 0 aromatic heterocycles. The van der Waals surface area contributed by atoms with Crippen LogP contribution in [0.15, 0.2) is 29.2 Å². The number of ether oxygens (including phenoxy) is 1. The fraction of sp³-hybridized carbons (Fsp3) is 0.417. The molecule has 0 unspecified atom stereocenters. The van der Waals surface area contributed by atoms with Gasteiger partial charge in [-0.15, -0.1) is 0 Å². The zero-order valence-corrected chi connectivity index (χ0v) is 11.8. The van der Waals surface area contributed by atoms with Crippen molar-refractivity contribution in [1.29, 1.82) is 0 Å². The third-order valence-corrected chi connectivity index (χ3v) is 5.21. The molecule has 1 aromatic rings. The molecule has 8 heteroatoms. The molecule has 0 N–H and O–H groups in total. The third kappa shape index (κ3) is 2.79. The Bertz CT molecular complexity index is 618. The maximum absolute atomic E-state index is 12.6. The second-order valence-corrected chi connectivity index (χ2v) is 7.03. The first-order chi connectivity index (χ1) is 8.94. The van der Waals surface area contributed by atoms with Crippen LogP contribution in [-0.2, 0) is 25.5 Å². The van der Waals surface area contributed by atoms with Crippen LogP contribution in [0, 0.1) is 0 Å². The smallest absolute Gasteiger partial charge is 0.416 e. The van der Waals surface area contributed by atoms with Crippen molar-refractivity contribution in [3.05, 3.63) is 29.8 Å². The van der Waals surface area contributed by atoms with E-state index in [2.05, 4.69) is 4.74 Å². The minimum atomic E-state index is -4.67. The SMILES string of the molecule is COC(=O)C(C)(C)S(=O)(=O)c1cccc(C(F)(F)F)c1. The highest BCUT2D eigenvalue weighted by molar-refractivity contribution is 7.93. The van der Waals surface area contributed by atoms with Crippen molar-refractivity contribution >= 4 is 15.8 Å². The van der Waals surface area contributed by atoms with Crippen molar-refractivity contribution in [2.24, 2.45) is 0 Å². The number of sulfone groups is 1. The first-order valence-corrected chi connectivity index (χ1v) is 6.93. The van der Waals surface area contributed by atoms with E-state index in [1.54, 1.807) is 0 Å². The van der Waals surface area contributed by atoms with Crippen molar-refractivity contribution < 1.29 is 31.1 Å². The van der Waals surface area contributed by atoms with E-state index in [0.29, 0.717) is 6.07 Å². The van der Waals surface area contributed by atoms with Gasteiger partial charge in [-0.2, -0.15) is 13.2 Å². The summed E-state index contributed by atoms with van der Waals surface area (Å²) in [6.45, 7) is 2.16. The highest BCUT2D eigenvalue weighted by atomic mass is 32.2. The highest BCUT2D eigenvalue weighted by Crippen LogP contribution is 2.33. The Hall–Kier alpha value is -1.57. The Kier molecular flexibility index (Phi) is 4.19. The van der Waals surface area contributed by atoms with Crippen LogP contribution >= 0.6 is 0 Å². The Morgan fingerprint density at radius 2 is 1.75 bits per heavy atom. The number of esters is 1. The van der Waals surface area contributed by atoms with Crippen molar-refractivity contribution in [2.45, 2.75) is 29.7 Å². The summed E-state index contributed by atoms with van der Waals surface area (Å²) in [5.41, 5.74) is -1.10. The number of alkyl halides is 3. The van der Waals surface area contributed by atoms with Crippen molar-refractivity contribution in [3.8, 4) is 0 Å². The molecule has 20 heavy (non-hydrogen) atoms. The molecule has 0 heterocycles. The Labute approximate surface area is 114 Å². The van der Waals surface area contributed by atoms with E-state index in [1.807, 2.05) is 0 Å². The maximum atomic E-state index is 12.6. The van der Waals surface area contributed by atoms with Crippen molar-refractivity contribution in [2.75, 3.05) is 7.11 Å². The number of hydrogen-bond acceptors (Lipinski definition) is 4. The number of carbonyl (C=O) groups is 1. The maximum Gasteiger partial charge on any atom is 0.416 e. The van der Waals surface area contributed by atoms with Crippen LogP contribution in [0.25, 0.3) is 0 Å². The normalized spacial score (nSPS) is 13.1. The zero-order valence-electron chi connectivity index (χ0n) is 11.0. The van der Waals surface area contributed by atoms with Gasteiger partial charge in [0.2, 0.25) is 0 Å². The molecule has 0 atom stereocenters. The van der Waals surface area contributed by atoms with Gasteiger partial charge in [-0.1, -0.05) is 6.07 Å². The summed E-state index contributed by atoms with van der Waals surface area (Å²) in [5, 5.41) is 0. The highest BCUT2D eigenvalue weighted by Gasteiger charge is 2.44. The lowest BCUT2D eigenvalue weighted by atomic mass is 10.2. The van der Waals surface area contributed by atoms with Gasteiger partial charge in [-0.05, 0) is 32.0 Å². The second kappa shape index (κ2) is 5.08. The lowest BCUT2D eigenvalue weighted by Gasteiger charge is -2.22. The molecule has 0 radical (unpaired) electrons. The van der Waals surface area contributed by atoms with E-state index < -0.39 is 37.2 Å². The van der Waals surface area contributed by atoms with E-state index in [9.17, 15) is 26.4 Å². The molecule has 0 spiro atoms. The molecule has 0 fully saturated rings. The minimum Gasteiger partial charge on any atom is -0.468 e. The molecule has 0 aliphatic heterocycles. The lowest BCUT2D eigenvalue weighted by Crippen LogP contribution is -2.41. The van der Waals surface area contributed by atoms with E-state index in [0.717, 1.165) is 39.2 Å². The molecule has 1 aromatic carbocycles. The molecular formula is C12H13F3O4S. The Morgan fingerprint density at radius 1 is 1.20 bits per heavy atom. The van der Waals surface area contributed by atoms with Crippen LogP contribution in [0.3, 0.4) is 0 Å². The average molecular weight is 310 g/mol. The summed E-state index contributed by atoms with van der Waals surface area (Å²) in [5.74, 6) is -1.05. The number of benzene rings is 1. The van der Waals surface area contributed by atoms with Gasteiger partial charge < -0.3 is 4.74 Å². The van der Waals surface area contributed by atoms with E-state index in [4.69, 9.17) is 0 Å². The molecule has 0 saturated heterocycles. The standard InChI is InChI=1S/C12H13F3O4S/c1-11(2,10(16)19-3)20(17,18)9-6-4-5-8(7-9)12(13,14)15/h4-7H,1-3H3. The fourth-order valence-corrected chi connectivity index (χ4v) is 2.92. The van der Waals surface area contributed by atoms with Gasteiger partial charge in [-0.25, -0.2) is 8.42 Å². The minimum absolute atomic E-state index is 0.500. The number of rotatable bonds is 3. The molecule has 0 amide bonds. The lowest BCUT2D eigenvalue weighted by molar-refractivity contribution is -0.142. The summed E-state index contributed by atoms with van der Waals surface area (Å²) >= 11 is 0. The molecule has 0 aliphatic rings. The van der Waals surface area contributed by atoms with E-state index in [-0.39, 0.29) is 0 Å². The number of hydrogen-bond donors (Lipinski definition) is 0. The van der Waals surface area contributed by atoms with Crippen LogP contribution in [-0.4, -0.2) is 26.2 Å². The van der Waals surface area contributed by atoms with Crippen molar-refractivity contribution in [1.82, 2.24) is 0 Å². The zero-order chi connectivity index (χ0) is 15.8. The number of methoxy groups -OCH3 is 1. The largest absolute Gasteiger partial charge is 0.468 e. The monoisotopic (exact) mass is 310 g/mol. The molecule has 1 rings (SSSR count). The molecule has 0 saturated carbocycles. The van der Waals surface area contributed by atoms with Crippen LogP contribution in [0.1, 0.15) is 19.4 Å². The molecular weight excluding hydrogens is 297 g/mol. The summed E-state index contributed by atoms with van der Waals surface area (Å²) in [4.78, 5) is 10.9. The van der Waals surface area contributed by atoms with Gasteiger partial charge in [-0.3, -0.25) is 4.79 Å². The van der Waals surface area contributed by atoms with E-state index in [1.165, 1.54) is 0 Å². The predicted molar refractivity (Wildman–Crippen MR) is 64.7 cm³/mol. The number of halogens is 3. The van der Waals surface area contributed by atoms with Gasteiger partial charge >= 0.3 is 12.1 Å². The summed E-state index contributed by atoms with van der Waals surface area (Å²) in [7, 11) is -3.30. The van der Waals surface area contributed by atoms with Crippen LogP contribution in [0.2, 0.25) is 0 Å². The van der Waals surface area contributed by atoms with Crippen LogP contribution in [0.4, 0.5) is 13.2 Å². The topological polar surface area (TPSA) is 60.4 Å². The summed E-state index contributed by atoms with van der Waals surface area (Å²) in [6.07, 6.45) is -4.67. The van der Waals surface area contributed by atoms with Gasteiger partial charge in [0.15, 0.2) is 14.6 Å². The quantitative estimate of drug-likeness (QED) is 0.805. The van der Waals surface area contributed by atoms with Crippen LogP contribution in [0.5, 0.6) is 0 Å². The van der Waals surface area contributed by atoms with Gasteiger partial charge in [0, 0.05) is 0 Å². The first kappa shape index (κ1) is 16.5. The summed E-state index contributed by atoms with van der Waals surface area (Å²) in [6, 6.07) is 3.24. The van der Waals surface area contributed by atoms with E-state index >= 15 is 0 Å². The molecule has 4 nitrogen and oxygen atoms in total. The van der Waals surface area contributed by atoms with Crippen LogP contribution < -0.4 is 0 Å². The first-order valence-electron chi connectivity index (χ1n) is 5.45. The summed E-state index contributed by atoms with van der Waals surface area (Å²) < 4.78 is 64.7.